The van der Waals surface area contributed by atoms with Crippen molar-refractivity contribution in [1.82, 2.24) is 15.2 Å². The maximum absolute atomic E-state index is 12.9. The second kappa shape index (κ2) is 6.91. The molecule has 3 rings (SSSR count). The Balaban J connectivity index is 1.74. The van der Waals surface area contributed by atoms with Gasteiger partial charge in [-0.15, -0.1) is 10.2 Å². The van der Waals surface area contributed by atoms with Crippen LogP contribution in [-0.2, 0) is 6.54 Å². The van der Waals surface area contributed by atoms with Gasteiger partial charge in [0, 0.05) is 12.1 Å². The first-order valence-corrected chi connectivity index (χ1v) is 7.25. The fraction of sp³-hybridized carbons (Fsp3) is 0.118. The van der Waals surface area contributed by atoms with Crippen molar-refractivity contribution in [1.29, 1.82) is 0 Å². The zero-order valence-electron chi connectivity index (χ0n) is 12.9. The predicted octanol–water partition coefficient (Wildman–Crippen LogP) is 2.59. The van der Waals surface area contributed by atoms with Gasteiger partial charge in [0.1, 0.15) is 11.6 Å². The lowest BCUT2D eigenvalue weighted by molar-refractivity contribution is 0.415. The lowest BCUT2D eigenvalue weighted by atomic mass is 10.1. The van der Waals surface area contributed by atoms with Crippen molar-refractivity contribution in [3.05, 3.63) is 70.3 Å². The Hall–Kier alpha value is -3.22. The molecule has 0 atom stereocenters. The van der Waals surface area contributed by atoms with Gasteiger partial charge in [-0.2, -0.15) is 0 Å². The minimum Gasteiger partial charge on any atom is -0.497 e. The van der Waals surface area contributed by atoms with Crippen LogP contribution in [-0.4, -0.2) is 22.3 Å². The topological polar surface area (TPSA) is 79.9 Å². The molecular weight excluding hydrogens is 311 g/mol. The Bertz CT molecular complexity index is 876. The van der Waals surface area contributed by atoms with E-state index in [2.05, 4.69) is 20.5 Å². The molecule has 0 saturated heterocycles. The van der Waals surface area contributed by atoms with Gasteiger partial charge in [0.15, 0.2) is 5.69 Å². The molecule has 0 aliphatic heterocycles. The number of benzene rings is 2. The van der Waals surface area contributed by atoms with E-state index in [0.717, 1.165) is 5.56 Å². The van der Waals surface area contributed by atoms with Gasteiger partial charge in [0.2, 0.25) is 5.95 Å². The molecule has 2 aromatic carbocycles. The fourth-order valence-corrected chi connectivity index (χ4v) is 2.14. The first-order chi connectivity index (χ1) is 11.7. The highest BCUT2D eigenvalue weighted by atomic mass is 19.1. The maximum atomic E-state index is 12.9. The van der Waals surface area contributed by atoms with Gasteiger partial charge >= 0.3 is 0 Å². The molecule has 0 amide bonds. The summed E-state index contributed by atoms with van der Waals surface area (Å²) < 4.78 is 17.9. The number of H-pyrrole nitrogens is 1. The van der Waals surface area contributed by atoms with E-state index >= 15 is 0 Å². The summed E-state index contributed by atoms with van der Waals surface area (Å²) in [7, 11) is 1.57. The maximum Gasteiger partial charge on any atom is 0.279 e. The molecule has 3 aromatic rings. The molecule has 0 spiro atoms. The summed E-state index contributed by atoms with van der Waals surface area (Å²) in [6.07, 6.45) is 0. The second-order valence-electron chi connectivity index (χ2n) is 5.06. The van der Waals surface area contributed by atoms with Crippen LogP contribution >= 0.6 is 0 Å². The number of aromatic nitrogens is 3. The van der Waals surface area contributed by atoms with E-state index in [1.54, 1.807) is 43.5 Å². The van der Waals surface area contributed by atoms with Crippen LogP contribution in [0.3, 0.4) is 0 Å². The molecule has 1 aromatic heterocycles. The van der Waals surface area contributed by atoms with Gasteiger partial charge in [0.25, 0.3) is 5.56 Å². The molecule has 0 unspecified atom stereocenters. The average molecular weight is 326 g/mol. The summed E-state index contributed by atoms with van der Waals surface area (Å²) in [5.41, 5.74) is 1.38. The Labute approximate surface area is 137 Å². The normalized spacial score (nSPS) is 10.4. The zero-order chi connectivity index (χ0) is 16.9. The lowest BCUT2D eigenvalue weighted by Crippen LogP contribution is -2.16. The molecule has 2 N–H and O–H groups in total. The van der Waals surface area contributed by atoms with Crippen LogP contribution in [0.4, 0.5) is 10.3 Å². The number of methoxy groups -OCH3 is 1. The smallest absolute Gasteiger partial charge is 0.279 e. The van der Waals surface area contributed by atoms with E-state index in [4.69, 9.17) is 4.74 Å². The highest BCUT2D eigenvalue weighted by molar-refractivity contribution is 5.58. The van der Waals surface area contributed by atoms with Crippen LogP contribution in [0.15, 0.2) is 53.3 Å². The molecule has 6 nitrogen and oxygen atoms in total. The highest BCUT2D eigenvalue weighted by Gasteiger charge is 2.08. The van der Waals surface area contributed by atoms with Crippen molar-refractivity contribution in [3.63, 3.8) is 0 Å². The molecule has 0 aliphatic carbocycles. The Morgan fingerprint density at radius 2 is 1.79 bits per heavy atom. The molecule has 0 aliphatic rings. The molecule has 0 fully saturated rings. The van der Waals surface area contributed by atoms with Crippen LogP contribution in [0.1, 0.15) is 5.56 Å². The molecule has 122 valence electrons. The summed E-state index contributed by atoms with van der Waals surface area (Å²) in [4.78, 5) is 14.8. The standard InChI is InChI=1S/C17H15FN4O2/c1-24-14-8-4-12(5-9-14)15-16(23)20-17(22-21-15)19-10-11-2-6-13(18)7-3-11/h2-9H,10H2,1H3,(H2,19,20,22,23). The molecule has 7 heteroatoms. The van der Waals surface area contributed by atoms with E-state index in [1.165, 1.54) is 12.1 Å². The summed E-state index contributed by atoms with van der Waals surface area (Å²) in [6.45, 7) is 0.396. The molecular formula is C17H15FN4O2. The predicted molar refractivity (Wildman–Crippen MR) is 88.4 cm³/mol. The summed E-state index contributed by atoms with van der Waals surface area (Å²) in [6, 6.07) is 13.0. The van der Waals surface area contributed by atoms with Crippen molar-refractivity contribution in [2.45, 2.75) is 6.54 Å². The van der Waals surface area contributed by atoms with Crippen molar-refractivity contribution < 1.29 is 9.13 Å². The number of anilines is 1. The number of ether oxygens (including phenoxy) is 1. The van der Waals surface area contributed by atoms with E-state index < -0.39 is 0 Å². The first kappa shape index (κ1) is 15.7. The quantitative estimate of drug-likeness (QED) is 0.753. The van der Waals surface area contributed by atoms with Gasteiger partial charge in [0.05, 0.1) is 7.11 Å². The summed E-state index contributed by atoms with van der Waals surface area (Å²) in [5.74, 6) is 0.651. The van der Waals surface area contributed by atoms with Crippen LogP contribution in [0.25, 0.3) is 11.3 Å². The number of hydrogen-bond acceptors (Lipinski definition) is 5. The van der Waals surface area contributed by atoms with Crippen LogP contribution in [0.2, 0.25) is 0 Å². The largest absolute Gasteiger partial charge is 0.497 e. The monoisotopic (exact) mass is 326 g/mol. The van der Waals surface area contributed by atoms with Crippen molar-refractivity contribution in [2.75, 3.05) is 12.4 Å². The van der Waals surface area contributed by atoms with Crippen LogP contribution in [0.5, 0.6) is 5.75 Å². The number of nitrogens with one attached hydrogen (secondary N) is 2. The van der Waals surface area contributed by atoms with Crippen LogP contribution in [0, 0.1) is 5.82 Å². The van der Waals surface area contributed by atoms with Crippen molar-refractivity contribution in [2.24, 2.45) is 0 Å². The van der Waals surface area contributed by atoms with E-state index in [9.17, 15) is 9.18 Å². The first-order valence-electron chi connectivity index (χ1n) is 7.25. The third-order valence-corrected chi connectivity index (χ3v) is 3.43. The highest BCUT2D eigenvalue weighted by Crippen LogP contribution is 2.17. The minimum absolute atomic E-state index is 0.227. The SMILES string of the molecule is COc1ccc(-c2nnc(NCc3ccc(F)cc3)[nH]c2=O)cc1. The summed E-state index contributed by atoms with van der Waals surface area (Å²) >= 11 is 0. The van der Waals surface area contributed by atoms with Gasteiger partial charge in [-0.25, -0.2) is 4.39 Å². The molecule has 1 heterocycles. The minimum atomic E-state index is -0.350. The number of aromatic amines is 1. The number of halogens is 1. The molecule has 24 heavy (non-hydrogen) atoms. The number of rotatable bonds is 5. The van der Waals surface area contributed by atoms with Gasteiger partial charge in [-0.1, -0.05) is 12.1 Å². The van der Waals surface area contributed by atoms with Crippen molar-refractivity contribution in [3.8, 4) is 17.0 Å². The lowest BCUT2D eigenvalue weighted by Gasteiger charge is -2.06. The second-order valence-corrected chi connectivity index (χ2v) is 5.06. The van der Waals surface area contributed by atoms with E-state index in [1.807, 2.05) is 0 Å². The third kappa shape index (κ3) is 3.57. The van der Waals surface area contributed by atoms with Crippen LogP contribution < -0.4 is 15.6 Å². The molecule has 0 radical (unpaired) electrons. The molecule has 0 bridgehead atoms. The van der Waals surface area contributed by atoms with E-state index in [0.29, 0.717) is 17.9 Å². The Morgan fingerprint density at radius 3 is 2.42 bits per heavy atom. The third-order valence-electron chi connectivity index (χ3n) is 3.43. The fourth-order valence-electron chi connectivity index (χ4n) is 2.14. The van der Waals surface area contributed by atoms with E-state index in [-0.39, 0.29) is 23.0 Å². The van der Waals surface area contributed by atoms with Crippen molar-refractivity contribution >= 4 is 5.95 Å². The number of nitrogens with zero attached hydrogens (tertiary/aromatic N) is 2. The number of hydrogen-bond donors (Lipinski definition) is 2. The van der Waals surface area contributed by atoms with Gasteiger partial charge in [-0.05, 0) is 42.0 Å². The Kier molecular flexibility index (Phi) is 4.51. The van der Waals surface area contributed by atoms with Gasteiger partial charge in [-0.3, -0.25) is 9.78 Å². The molecule has 0 saturated carbocycles. The zero-order valence-corrected chi connectivity index (χ0v) is 12.9. The Morgan fingerprint density at radius 1 is 1.08 bits per heavy atom. The van der Waals surface area contributed by atoms with Gasteiger partial charge < -0.3 is 10.1 Å². The average Bonchev–Trinajstić information content (AvgIpc) is 2.61. The summed E-state index contributed by atoms with van der Waals surface area (Å²) in [5, 5.41) is 10.9.